The fourth-order valence-corrected chi connectivity index (χ4v) is 2.22. The largest absolute Gasteiger partial charge is 0.354 e. The molecule has 1 aromatic carbocycles. The van der Waals surface area contributed by atoms with Crippen LogP contribution >= 0.6 is 23.4 Å². The highest BCUT2D eigenvalue weighted by molar-refractivity contribution is 7.99. The van der Waals surface area contributed by atoms with E-state index in [0.717, 1.165) is 11.8 Å². The molecule has 0 atom stereocenters. The first-order valence-corrected chi connectivity index (χ1v) is 6.46. The lowest BCUT2D eigenvalue weighted by Gasteiger charge is -2.05. The zero-order valence-corrected chi connectivity index (χ0v) is 11.1. The summed E-state index contributed by atoms with van der Waals surface area (Å²) >= 11 is 6.89. The number of anilines is 1. The molecule has 7 heteroatoms. The summed E-state index contributed by atoms with van der Waals surface area (Å²) in [7, 11) is 0. The van der Waals surface area contributed by atoms with E-state index < -0.39 is 0 Å². The van der Waals surface area contributed by atoms with Crippen LogP contribution in [0, 0.1) is 5.82 Å². The second kappa shape index (κ2) is 5.97. The summed E-state index contributed by atoms with van der Waals surface area (Å²) in [6.07, 6.45) is 0. The van der Waals surface area contributed by atoms with Crippen molar-refractivity contribution in [1.29, 1.82) is 0 Å². The molecule has 94 valence electrons. The monoisotopic (exact) mass is 284 g/mol. The van der Waals surface area contributed by atoms with Crippen molar-refractivity contribution in [3.63, 3.8) is 0 Å². The van der Waals surface area contributed by atoms with E-state index in [4.69, 9.17) is 11.6 Å². The number of hydrogen-bond donors (Lipinski definition) is 1. The third-order valence-corrected chi connectivity index (χ3v) is 3.05. The normalized spacial score (nSPS) is 10.4. The van der Waals surface area contributed by atoms with Gasteiger partial charge in [-0.25, -0.2) is 4.39 Å². The third-order valence-electron chi connectivity index (χ3n) is 1.96. The second-order valence-electron chi connectivity index (χ2n) is 3.27. The molecule has 0 fully saturated rings. The van der Waals surface area contributed by atoms with E-state index in [1.54, 1.807) is 18.2 Å². The predicted molar refractivity (Wildman–Crippen MR) is 69.5 cm³/mol. The minimum Gasteiger partial charge on any atom is -0.354 e. The SMILES string of the molecule is CCNc1nc(Cl)nc(Sc2ccccc2F)n1. The van der Waals surface area contributed by atoms with Gasteiger partial charge in [0.25, 0.3) is 0 Å². The van der Waals surface area contributed by atoms with Gasteiger partial charge in [0.1, 0.15) is 5.82 Å². The van der Waals surface area contributed by atoms with Gasteiger partial charge in [-0.05, 0) is 42.4 Å². The fourth-order valence-electron chi connectivity index (χ4n) is 1.24. The number of halogens is 2. The van der Waals surface area contributed by atoms with Crippen LogP contribution < -0.4 is 5.32 Å². The Morgan fingerprint density at radius 2 is 2.06 bits per heavy atom. The van der Waals surface area contributed by atoms with Crippen LogP contribution in [0.15, 0.2) is 34.3 Å². The molecule has 1 aromatic heterocycles. The van der Waals surface area contributed by atoms with Crippen molar-refractivity contribution in [1.82, 2.24) is 15.0 Å². The van der Waals surface area contributed by atoms with Crippen LogP contribution in [0.3, 0.4) is 0 Å². The minimum absolute atomic E-state index is 0.0831. The Hall–Kier alpha value is -1.40. The molecule has 18 heavy (non-hydrogen) atoms. The van der Waals surface area contributed by atoms with Crippen molar-refractivity contribution in [2.24, 2.45) is 0 Å². The average molecular weight is 285 g/mol. The van der Waals surface area contributed by atoms with Crippen LogP contribution in [-0.4, -0.2) is 21.5 Å². The van der Waals surface area contributed by atoms with Crippen molar-refractivity contribution in [3.8, 4) is 0 Å². The van der Waals surface area contributed by atoms with E-state index in [9.17, 15) is 4.39 Å². The fraction of sp³-hybridized carbons (Fsp3) is 0.182. The number of nitrogens with zero attached hydrogens (tertiary/aromatic N) is 3. The standard InChI is InChI=1S/C11H10ClFN4S/c1-2-14-10-15-9(12)16-11(17-10)18-8-6-4-3-5-7(8)13/h3-6H,2H2,1H3,(H,14,15,16,17). The maximum Gasteiger partial charge on any atom is 0.228 e. The van der Waals surface area contributed by atoms with Crippen molar-refractivity contribution >= 4 is 29.3 Å². The van der Waals surface area contributed by atoms with Gasteiger partial charge in [-0.3, -0.25) is 0 Å². The average Bonchev–Trinajstić information content (AvgIpc) is 2.32. The van der Waals surface area contributed by atoms with Gasteiger partial charge in [-0.2, -0.15) is 15.0 Å². The Bertz CT molecular complexity index is 552. The second-order valence-corrected chi connectivity index (χ2v) is 4.62. The van der Waals surface area contributed by atoms with Crippen molar-refractivity contribution in [2.75, 3.05) is 11.9 Å². The highest BCUT2D eigenvalue weighted by Gasteiger charge is 2.09. The summed E-state index contributed by atoms with van der Waals surface area (Å²) in [5, 5.41) is 3.38. The van der Waals surface area contributed by atoms with E-state index in [-0.39, 0.29) is 11.1 Å². The molecular weight excluding hydrogens is 275 g/mol. The summed E-state index contributed by atoms with van der Waals surface area (Å²) in [5.41, 5.74) is 0. The van der Waals surface area contributed by atoms with Crippen LogP contribution in [0.4, 0.5) is 10.3 Å². The van der Waals surface area contributed by atoms with Crippen LogP contribution in [0.1, 0.15) is 6.92 Å². The molecule has 0 aliphatic carbocycles. The van der Waals surface area contributed by atoms with Crippen LogP contribution in [-0.2, 0) is 0 Å². The van der Waals surface area contributed by atoms with Crippen LogP contribution in [0.25, 0.3) is 0 Å². The predicted octanol–water partition coefficient (Wildman–Crippen LogP) is 3.25. The first kappa shape index (κ1) is 13.0. The molecule has 0 radical (unpaired) electrons. The lowest BCUT2D eigenvalue weighted by atomic mass is 10.4. The van der Waals surface area contributed by atoms with Gasteiger partial charge in [0, 0.05) is 6.54 Å². The zero-order valence-electron chi connectivity index (χ0n) is 9.52. The molecule has 0 unspecified atom stereocenters. The molecule has 1 heterocycles. The van der Waals surface area contributed by atoms with Gasteiger partial charge in [0.2, 0.25) is 11.2 Å². The first-order chi connectivity index (χ1) is 8.69. The molecule has 2 aromatic rings. The quantitative estimate of drug-likeness (QED) is 0.934. The summed E-state index contributed by atoms with van der Waals surface area (Å²) in [6, 6.07) is 6.42. The summed E-state index contributed by atoms with van der Waals surface area (Å²) in [5.74, 6) is 0.0698. The molecule has 0 aliphatic rings. The lowest BCUT2D eigenvalue weighted by Crippen LogP contribution is -2.04. The molecule has 2 rings (SSSR count). The number of aromatic nitrogens is 3. The number of rotatable bonds is 4. The third kappa shape index (κ3) is 3.30. The maximum absolute atomic E-state index is 13.5. The van der Waals surface area contributed by atoms with E-state index >= 15 is 0 Å². The highest BCUT2D eigenvalue weighted by atomic mass is 35.5. The zero-order chi connectivity index (χ0) is 13.0. The van der Waals surface area contributed by atoms with Crippen molar-refractivity contribution in [3.05, 3.63) is 35.4 Å². The summed E-state index contributed by atoms with van der Waals surface area (Å²) in [6.45, 7) is 2.59. The Kier molecular flexibility index (Phi) is 4.33. The maximum atomic E-state index is 13.5. The molecule has 1 N–H and O–H groups in total. The summed E-state index contributed by atoms with van der Waals surface area (Å²) in [4.78, 5) is 12.4. The molecule has 0 aliphatic heterocycles. The number of nitrogens with one attached hydrogen (secondary N) is 1. The highest BCUT2D eigenvalue weighted by Crippen LogP contribution is 2.27. The van der Waals surface area contributed by atoms with Crippen molar-refractivity contribution < 1.29 is 4.39 Å². The van der Waals surface area contributed by atoms with Gasteiger partial charge >= 0.3 is 0 Å². The lowest BCUT2D eigenvalue weighted by molar-refractivity contribution is 0.601. The molecule has 0 spiro atoms. The van der Waals surface area contributed by atoms with Crippen LogP contribution in [0.2, 0.25) is 5.28 Å². The molecule has 0 saturated carbocycles. The Morgan fingerprint density at radius 1 is 1.28 bits per heavy atom. The molecular formula is C11H10ClFN4S. The summed E-state index contributed by atoms with van der Waals surface area (Å²) < 4.78 is 13.5. The van der Waals surface area contributed by atoms with Gasteiger partial charge in [-0.15, -0.1) is 0 Å². The Morgan fingerprint density at radius 3 is 2.78 bits per heavy atom. The molecule has 0 saturated heterocycles. The van der Waals surface area contributed by atoms with E-state index in [1.807, 2.05) is 6.92 Å². The van der Waals surface area contributed by atoms with Gasteiger partial charge in [0.15, 0.2) is 5.16 Å². The molecule has 0 bridgehead atoms. The van der Waals surface area contributed by atoms with Gasteiger partial charge < -0.3 is 5.32 Å². The molecule has 4 nitrogen and oxygen atoms in total. The first-order valence-electron chi connectivity index (χ1n) is 5.27. The van der Waals surface area contributed by atoms with Crippen LogP contribution in [0.5, 0.6) is 0 Å². The van der Waals surface area contributed by atoms with Gasteiger partial charge in [0.05, 0.1) is 4.90 Å². The van der Waals surface area contributed by atoms with Gasteiger partial charge in [-0.1, -0.05) is 12.1 Å². The van der Waals surface area contributed by atoms with E-state index in [1.165, 1.54) is 6.07 Å². The Balaban J connectivity index is 2.26. The van der Waals surface area contributed by atoms with E-state index in [0.29, 0.717) is 22.5 Å². The van der Waals surface area contributed by atoms with Crippen molar-refractivity contribution in [2.45, 2.75) is 17.0 Å². The molecule has 0 amide bonds. The minimum atomic E-state index is -0.316. The number of hydrogen-bond acceptors (Lipinski definition) is 5. The topological polar surface area (TPSA) is 50.7 Å². The number of benzene rings is 1. The van der Waals surface area contributed by atoms with E-state index in [2.05, 4.69) is 20.3 Å². The smallest absolute Gasteiger partial charge is 0.228 e. The Labute approximate surface area is 113 Å².